The molecule has 1 atom stereocenters. The highest BCUT2D eigenvalue weighted by Gasteiger charge is 2.30. The number of morpholine rings is 1. The second kappa shape index (κ2) is 10.3. The third-order valence-corrected chi connectivity index (χ3v) is 5.32. The van der Waals surface area contributed by atoms with Crippen molar-refractivity contribution in [3.63, 3.8) is 0 Å². The van der Waals surface area contributed by atoms with Crippen LogP contribution in [0, 0.1) is 0 Å². The smallest absolute Gasteiger partial charge is 0.307 e. The van der Waals surface area contributed by atoms with Crippen LogP contribution in [-0.4, -0.2) is 62.1 Å². The van der Waals surface area contributed by atoms with E-state index in [0.717, 1.165) is 0 Å². The van der Waals surface area contributed by atoms with Gasteiger partial charge in [-0.05, 0) is 18.2 Å². The maximum Gasteiger partial charge on any atom is 0.307 e. The van der Waals surface area contributed by atoms with Crippen LogP contribution in [-0.2, 0) is 19.1 Å². The number of carbonyl (C=O) groups excluding carboxylic acids is 3. The van der Waals surface area contributed by atoms with Crippen molar-refractivity contribution in [2.24, 2.45) is 0 Å². The predicted molar refractivity (Wildman–Crippen MR) is 114 cm³/mol. The van der Waals surface area contributed by atoms with Gasteiger partial charge in [0.05, 0.1) is 19.6 Å². The molecule has 0 saturated carbocycles. The molecule has 2 heterocycles. The number of esters is 1. The number of carbonyl (C=O) groups is 3. The van der Waals surface area contributed by atoms with E-state index in [1.165, 1.54) is 0 Å². The second-order valence-electron chi connectivity index (χ2n) is 7.50. The summed E-state index contributed by atoms with van der Waals surface area (Å²) in [5.74, 6) is 0.0107. The zero-order valence-corrected chi connectivity index (χ0v) is 17.7. The van der Waals surface area contributed by atoms with Gasteiger partial charge in [-0.3, -0.25) is 14.4 Å². The number of ether oxygens (including phenoxy) is 4. The molecule has 0 spiro atoms. The Morgan fingerprint density at radius 1 is 0.875 bits per heavy atom. The van der Waals surface area contributed by atoms with Gasteiger partial charge in [0.25, 0.3) is 5.91 Å². The second-order valence-corrected chi connectivity index (χ2v) is 7.50. The highest BCUT2D eigenvalue weighted by Crippen LogP contribution is 2.31. The van der Waals surface area contributed by atoms with Crippen LogP contribution in [0.3, 0.4) is 0 Å². The Kier molecular flexibility index (Phi) is 7.01. The fourth-order valence-electron chi connectivity index (χ4n) is 3.61. The van der Waals surface area contributed by atoms with Crippen molar-refractivity contribution in [3.05, 3.63) is 59.7 Å². The van der Waals surface area contributed by atoms with Gasteiger partial charge >= 0.3 is 5.97 Å². The highest BCUT2D eigenvalue weighted by atomic mass is 16.6. The van der Waals surface area contributed by atoms with Gasteiger partial charge < -0.3 is 23.8 Å². The van der Waals surface area contributed by atoms with Gasteiger partial charge in [-0.15, -0.1) is 0 Å². The lowest BCUT2D eigenvalue weighted by molar-refractivity contribution is -0.162. The number of Topliss-reactive ketones (excluding diaryl/α,β-unsaturated/α-hetero) is 1. The Hall–Kier alpha value is -3.39. The average Bonchev–Trinajstić information content (AvgIpc) is 2.86. The fraction of sp³-hybridized carbons (Fsp3) is 0.375. The number of benzene rings is 2. The third kappa shape index (κ3) is 5.26. The lowest BCUT2D eigenvalue weighted by Gasteiger charge is -2.30. The Morgan fingerprint density at radius 2 is 1.59 bits per heavy atom. The van der Waals surface area contributed by atoms with E-state index in [-0.39, 0.29) is 24.5 Å². The Labute approximate surface area is 186 Å². The van der Waals surface area contributed by atoms with Gasteiger partial charge in [-0.1, -0.05) is 30.3 Å². The van der Waals surface area contributed by atoms with Crippen LogP contribution < -0.4 is 9.47 Å². The molecule has 0 N–H and O–H groups in total. The van der Waals surface area contributed by atoms with E-state index >= 15 is 0 Å². The Balaban J connectivity index is 1.38. The van der Waals surface area contributed by atoms with Crippen LogP contribution in [0.5, 0.6) is 11.5 Å². The van der Waals surface area contributed by atoms with Crippen LogP contribution >= 0.6 is 0 Å². The molecule has 2 aromatic rings. The first-order valence-corrected chi connectivity index (χ1v) is 10.7. The summed E-state index contributed by atoms with van der Waals surface area (Å²) in [4.78, 5) is 39.8. The third-order valence-electron chi connectivity index (χ3n) is 5.32. The van der Waals surface area contributed by atoms with E-state index in [4.69, 9.17) is 18.9 Å². The highest BCUT2D eigenvalue weighted by molar-refractivity contribution is 5.98. The van der Waals surface area contributed by atoms with Gasteiger partial charge in [0.1, 0.15) is 13.2 Å². The average molecular weight is 439 g/mol. The van der Waals surface area contributed by atoms with Crippen molar-refractivity contribution in [2.45, 2.75) is 18.9 Å². The first kappa shape index (κ1) is 21.8. The van der Waals surface area contributed by atoms with Gasteiger partial charge in [0, 0.05) is 30.6 Å². The monoisotopic (exact) mass is 439 g/mol. The molecule has 8 heteroatoms. The van der Waals surface area contributed by atoms with Crippen LogP contribution in [0.2, 0.25) is 0 Å². The van der Waals surface area contributed by atoms with Crippen molar-refractivity contribution in [1.29, 1.82) is 0 Å². The summed E-state index contributed by atoms with van der Waals surface area (Å²) in [5, 5.41) is 0. The molecular formula is C24H25NO7. The zero-order valence-electron chi connectivity index (χ0n) is 17.7. The molecule has 4 rings (SSSR count). The Bertz CT molecular complexity index is 970. The number of ketones is 1. The van der Waals surface area contributed by atoms with Crippen LogP contribution in [0.15, 0.2) is 48.5 Å². The van der Waals surface area contributed by atoms with E-state index < -0.39 is 12.1 Å². The molecule has 168 valence electrons. The summed E-state index contributed by atoms with van der Waals surface area (Å²) in [6.07, 6.45) is -1.22. The molecule has 1 fully saturated rings. The molecule has 2 aromatic carbocycles. The van der Waals surface area contributed by atoms with Crippen LogP contribution in [0.25, 0.3) is 0 Å². The van der Waals surface area contributed by atoms with Crippen LogP contribution in [0.1, 0.15) is 34.9 Å². The molecule has 32 heavy (non-hydrogen) atoms. The fourth-order valence-corrected chi connectivity index (χ4v) is 3.61. The maximum absolute atomic E-state index is 13.0. The zero-order chi connectivity index (χ0) is 22.3. The largest absolute Gasteiger partial charge is 0.486 e. The molecule has 1 unspecified atom stereocenters. The minimum atomic E-state index is -1.05. The minimum absolute atomic E-state index is 0.0360. The molecular weight excluding hydrogens is 414 g/mol. The number of rotatable bonds is 7. The van der Waals surface area contributed by atoms with Gasteiger partial charge in [-0.25, -0.2) is 0 Å². The van der Waals surface area contributed by atoms with Crippen molar-refractivity contribution < 1.29 is 33.3 Å². The lowest BCUT2D eigenvalue weighted by Crippen LogP contribution is -2.44. The van der Waals surface area contributed by atoms with Gasteiger partial charge in [-0.2, -0.15) is 0 Å². The molecule has 0 aromatic heterocycles. The van der Waals surface area contributed by atoms with Gasteiger partial charge in [0.15, 0.2) is 17.3 Å². The number of hydrogen-bond donors (Lipinski definition) is 0. The summed E-state index contributed by atoms with van der Waals surface area (Å²) < 4.78 is 21.8. The van der Waals surface area contributed by atoms with Gasteiger partial charge in [0.2, 0.25) is 6.10 Å². The molecule has 2 aliphatic heterocycles. The van der Waals surface area contributed by atoms with E-state index in [1.807, 2.05) is 6.07 Å². The first-order chi connectivity index (χ1) is 15.6. The summed E-state index contributed by atoms with van der Waals surface area (Å²) in [6, 6.07) is 13.8. The van der Waals surface area contributed by atoms with Crippen LogP contribution in [0.4, 0.5) is 0 Å². The number of amides is 1. The predicted octanol–water partition coefficient (Wildman–Crippen LogP) is 2.56. The number of nitrogens with zero attached hydrogens (tertiary/aromatic N) is 1. The SMILES string of the molecule is O=C(CCC(=O)c1ccc2c(c1)OCCO2)OC(C(=O)N1CCOCC1)c1ccccc1. The summed E-state index contributed by atoms with van der Waals surface area (Å²) in [7, 11) is 0. The first-order valence-electron chi connectivity index (χ1n) is 10.7. The molecule has 2 aliphatic rings. The quantitative estimate of drug-likeness (QED) is 0.484. The van der Waals surface area contributed by atoms with Crippen molar-refractivity contribution >= 4 is 17.7 Å². The molecule has 1 saturated heterocycles. The van der Waals surface area contributed by atoms with E-state index in [0.29, 0.717) is 62.1 Å². The molecule has 8 nitrogen and oxygen atoms in total. The van der Waals surface area contributed by atoms with E-state index in [9.17, 15) is 14.4 Å². The summed E-state index contributed by atoms with van der Waals surface area (Å²) in [5.41, 5.74) is 1.03. The number of hydrogen-bond acceptors (Lipinski definition) is 7. The van der Waals surface area contributed by atoms with E-state index in [1.54, 1.807) is 47.4 Å². The topological polar surface area (TPSA) is 91.4 Å². The molecule has 0 aliphatic carbocycles. The molecule has 1 amide bonds. The summed E-state index contributed by atoms with van der Waals surface area (Å²) >= 11 is 0. The molecule has 0 bridgehead atoms. The minimum Gasteiger partial charge on any atom is -0.486 e. The van der Waals surface area contributed by atoms with Crippen molar-refractivity contribution in [2.75, 3.05) is 39.5 Å². The normalized spacial score (nSPS) is 16.2. The molecule has 0 radical (unpaired) electrons. The number of fused-ring (bicyclic) bond motifs is 1. The standard InChI is InChI=1S/C24H25NO7/c26-19(18-6-8-20-21(16-18)31-15-14-30-20)7-9-22(27)32-23(17-4-2-1-3-5-17)24(28)25-10-12-29-13-11-25/h1-6,8,16,23H,7,9-15H2. The lowest BCUT2D eigenvalue weighted by atomic mass is 10.1. The Morgan fingerprint density at radius 3 is 2.34 bits per heavy atom. The van der Waals surface area contributed by atoms with E-state index in [2.05, 4.69) is 0 Å². The maximum atomic E-state index is 13.0. The summed E-state index contributed by atoms with van der Waals surface area (Å²) in [6.45, 7) is 2.69. The van der Waals surface area contributed by atoms with Crippen molar-refractivity contribution in [1.82, 2.24) is 4.90 Å². The van der Waals surface area contributed by atoms with Crippen molar-refractivity contribution in [3.8, 4) is 11.5 Å².